The molecule has 1 N–H and O–H groups in total. The minimum absolute atomic E-state index is 0.242. The Bertz CT molecular complexity index is 578. The van der Waals surface area contributed by atoms with E-state index in [-0.39, 0.29) is 5.97 Å². The van der Waals surface area contributed by atoms with Gasteiger partial charge in [0, 0.05) is 11.4 Å². The maximum absolute atomic E-state index is 12.0. The Morgan fingerprint density at radius 1 is 1.38 bits per heavy atom. The first-order valence-electron chi connectivity index (χ1n) is 8.96. The summed E-state index contributed by atoms with van der Waals surface area (Å²) < 4.78 is 4.93. The summed E-state index contributed by atoms with van der Waals surface area (Å²) in [4.78, 5) is 17.8. The number of anilines is 1. The SMILES string of the molecule is COC(=O)C(C)(C)c1nc(NCC2CCCC(C)(C)CC2)sc1C. The van der Waals surface area contributed by atoms with Gasteiger partial charge in [-0.1, -0.05) is 20.3 Å². The van der Waals surface area contributed by atoms with Crippen molar-refractivity contribution < 1.29 is 9.53 Å². The fourth-order valence-electron chi connectivity index (χ4n) is 3.57. The molecule has 2 rings (SSSR count). The highest BCUT2D eigenvalue weighted by Gasteiger charge is 2.35. The monoisotopic (exact) mass is 352 g/mol. The summed E-state index contributed by atoms with van der Waals surface area (Å²) in [6, 6.07) is 0. The van der Waals surface area contributed by atoms with Crippen molar-refractivity contribution in [3.8, 4) is 0 Å². The average molecular weight is 353 g/mol. The molecule has 0 spiro atoms. The van der Waals surface area contributed by atoms with Crippen LogP contribution >= 0.6 is 11.3 Å². The number of carbonyl (C=O) groups excluding carboxylic acids is 1. The molecule has 1 unspecified atom stereocenters. The Morgan fingerprint density at radius 3 is 2.75 bits per heavy atom. The van der Waals surface area contributed by atoms with Gasteiger partial charge >= 0.3 is 5.97 Å². The van der Waals surface area contributed by atoms with Crippen LogP contribution in [0.4, 0.5) is 5.13 Å². The van der Waals surface area contributed by atoms with E-state index in [9.17, 15) is 4.79 Å². The second-order valence-electron chi connectivity index (χ2n) is 8.38. The third kappa shape index (κ3) is 4.50. The quantitative estimate of drug-likeness (QED) is 0.603. The zero-order valence-corrected chi connectivity index (χ0v) is 16.8. The number of thiazole rings is 1. The van der Waals surface area contributed by atoms with E-state index >= 15 is 0 Å². The second kappa shape index (κ2) is 7.42. The number of aryl methyl sites for hydroxylation is 1. The van der Waals surface area contributed by atoms with Gasteiger partial charge in [0.15, 0.2) is 5.13 Å². The van der Waals surface area contributed by atoms with Crippen molar-refractivity contribution in [3.63, 3.8) is 0 Å². The van der Waals surface area contributed by atoms with E-state index in [1.807, 2.05) is 20.8 Å². The van der Waals surface area contributed by atoms with Crippen LogP contribution in [0.2, 0.25) is 0 Å². The topological polar surface area (TPSA) is 51.2 Å². The molecule has 1 heterocycles. The van der Waals surface area contributed by atoms with Gasteiger partial charge in [0.2, 0.25) is 0 Å². The Kier molecular flexibility index (Phi) is 5.95. The lowest BCUT2D eigenvalue weighted by Crippen LogP contribution is -2.31. The number of esters is 1. The summed E-state index contributed by atoms with van der Waals surface area (Å²) in [6.45, 7) is 11.5. The molecule has 1 aromatic rings. The molecule has 24 heavy (non-hydrogen) atoms. The van der Waals surface area contributed by atoms with E-state index in [2.05, 4.69) is 19.2 Å². The maximum Gasteiger partial charge on any atom is 0.317 e. The lowest BCUT2D eigenvalue weighted by molar-refractivity contribution is -0.146. The standard InChI is InChI=1S/C19H32N2O2S/c1-13-15(19(4,5)16(22)23-6)21-17(24-13)20-12-14-8-7-10-18(2,3)11-9-14/h14H,7-12H2,1-6H3,(H,20,21). The third-order valence-corrected chi connectivity index (χ3v) is 6.25. The minimum Gasteiger partial charge on any atom is -0.468 e. The van der Waals surface area contributed by atoms with Crippen LogP contribution < -0.4 is 5.32 Å². The molecule has 1 atom stereocenters. The second-order valence-corrected chi connectivity index (χ2v) is 9.59. The van der Waals surface area contributed by atoms with Gasteiger partial charge in [-0.15, -0.1) is 11.3 Å². The molecule has 0 aliphatic heterocycles. The highest BCUT2D eigenvalue weighted by atomic mass is 32.1. The lowest BCUT2D eigenvalue weighted by Gasteiger charge is -2.22. The first-order valence-corrected chi connectivity index (χ1v) is 9.77. The Morgan fingerprint density at radius 2 is 2.08 bits per heavy atom. The predicted molar refractivity (Wildman–Crippen MR) is 101 cm³/mol. The summed E-state index contributed by atoms with van der Waals surface area (Å²) in [5, 5.41) is 4.43. The number of carbonyl (C=O) groups is 1. The van der Waals surface area contributed by atoms with Gasteiger partial charge in [0.1, 0.15) is 5.41 Å². The molecule has 0 aromatic carbocycles. The van der Waals surface area contributed by atoms with Gasteiger partial charge in [-0.05, 0) is 57.8 Å². The number of hydrogen-bond donors (Lipinski definition) is 1. The van der Waals surface area contributed by atoms with E-state index in [0.29, 0.717) is 11.3 Å². The Balaban J connectivity index is 1.99. The van der Waals surface area contributed by atoms with Crippen molar-refractivity contribution in [2.24, 2.45) is 11.3 Å². The molecule has 1 aliphatic carbocycles. The van der Waals surface area contributed by atoms with Crippen LogP contribution in [0.5, 0.6) is 0 Å². The molecular formula is C19H32N2O2S. The van der Waals surface area contributed by atoms with Crippen LogP contribution in [0, 0.1) is 18.3 Å². The average Bonchev–Trinajstić information content (AvgIpc) is 2.80. The van der Waals surface area contributed by atoms with Gasteiger partial charge in [-0.3, -0.25) is 4.79 Å². The van der Waals surface area contributed by atoms with Gasteiger partial charge in [0.05, 0.1) is 12.8 Å². The molecule has 5 heteroatoms. The van der Waals surface area contributed by atoms with Crippen LogP contribution in [0.25, 0.3) is 0 Å². The van der Waals surface area contributed by atoms with Crippen LogP contribution in [0.1, 0.15) is 70.4 Å². The molecule has 1 fully saturated rings. The van der Waals surface area contributed by atoms with Crippen molar-refractivity contribution in [1.82, 2.24) is 4.98 Å². The Labute approximate surface area is 150 Å². The first kappa shape index (κ1) is 19.2. The van der Waals surface area contributed by atoms with Crippen LogP contribution in [0.15, 0.2) is 0 Å². The van der Waals surface area contributed by atoms with Crippen molar-refractivity contribution in [3.05, 3.63) is 10.6 Å². The number of rotatable bonds is 5. The normalized spacial score (nSPS) is 21.2. The van der Waals surface area contributed by atoms with Crippen LogP contribution in [0.3, 0.4) is 0 Å². The summed E-state index contributed by atoms with van der Waals surface area (Å²) in [6.07, 6.45) is 6.53. The van der Waals surface area contributed by atoms with Gasteiger partial charge < -0.3 is 10.1 Å². The molecule has 0 radical (unpaired) electrons. The fourth-order valence-corrected chi connectivity index (χ4v) is 4.55. The van der Waals surface area contributed by atoms with Gasteiger partial charge in [-0.2, -0.15) is 0 Å². The van der Waals surface area contributed by atoms with E-state index in [0.717, 1.165) is 22.2 Å². The van der Waals surface area contributed by atoms with Crippen molar-refractivity contribution in [2.75, 3.05) is 19.0 Å². The number of hydrogen-bond acceptors (Lipinski definition) is 5. The zero-order valence-electron chi connectivity index (χ0n) is 16.0. The van der Waals surface area contributed by atoms with Crippen molar-refractivity contribution >= 4 is 22.4 Å². The molecule has 0 saturated heterocycles. The first-order chi connectivity index (χ1) is 11.2. The molecule has 0 bridgehead atoms. The summed E-state index contributed by atoms with van der Waals surface area (Å²) in [5.74, 6) is 0.474. The lowest BCUT2D eigenvalue weighted by atomic mass is 9.85. The molecular weight excluding hydrogens is 320 g/mol. The summed E-state index contributed by atoms with van der Waals surface area (Å²) in [7, 11) is 1.43. The molecule has 4 nitrogen and oxygen atoms in total. The smallest absolute Gasteiger partial charge is 0.317 e. The zero-order chi connectivity index (χ0) is 18.0. The molecule has 1 aromatic heterocycles. The summed E-state index contributed by atoms with van der Waals surface area (Å²) in [5.41, 5.74) is 0.607. The maximum atomic E-state index is 12.0. The highest BCUT2D eigenvalue weighted by molar-refractivity contribution is 7.15. The number of nitrogens with one attached hydrogen (secondary N) is 1. The summed E-state index contributed by atoms with van der Waals surface area (Å²) >= 11 is 1.63. The Hall–Kier alpha value is -1.10. The number of aromatic nitrogens is 1. The van der Waals surface area contributed by atoms with E-state index in [1.54, 1.807) is 11.3 Å². The predicted octanol–water partition coefficient (Wildman–Crippen LogP) is 4.92. The fraction of sp³-hybridized carbons (Fsp3) is 0.789. The highest BCUT2D eigenvalue weighted by Crippen LogP contribution is 2.37. The number of methoxy groups -OCH3 is 1. The van der Waals surface area contributed by atoms with Gasteiger partial charge in [0.25, 0.3) is 0 Å². The van der Waals surface area contributed by atoms with E-state index < -0.39 is 5.41 Å². The molecule has 1 aliphatic rings. The number of ether oxygens (including phenoxy) is 1. The molecule has 0 amide bonds. The van der Waals surface area contributed by atoms with Crippen LogP contribution in [-0.4, -0.2) is 24.6 Å². The van der Waals surface area contributed by atoms with Crippen molar-refractivity contribution in [2.45, 2.75) is 72.1 Å². The third-order valence-electron chi connectivity index (χ3n) is 5.32. The minimum atomic E-state index is -0.707. The number of nitrogens with zero attached hydrogens (tertiary/aromatic N) is 1. The van der Waals surface area contributed by atoms with E-state index in [1.165, 1.54) is 39.2 Å². The van der Waals surface area contributed by atoms with Gasteiger partial charge in [-0.25, -0.2) is 4.98 Å². The van der Waals surface area contributed by atoms with Crippen LogP contribution in [-0.2, 0) is 14.9 Å². The molecule has 1 saturated carbocycles. The largest absolute Gasteiger partial charge is 0.468 e. The molecule has 136 valence electrons. The van der Waals surface area contributed by atoms with E-state index in [4.69, 9.17) is 9.72 Å². The van der Waals surface area contributed by atoms with Crippen molar-refractivity contribution in [1.29, 1.82) is 0 Å².